The number of alkyl halides is 1. The van der Waals surface area contributed by atoms with Gasteiger partial charge in [0.05, 0.1) is 6.10 Å². The second-order valence-electron chi connectivity index (χ2n) is 5.95. The molecule has 2 saturated heterocycles. The highest BCUT2D eigenvalue weighted by molar-refractivity contribution is 7.10. The Morgan fingerprint density at radius 3 is 3.19 bits per heavy atom. The van der Waals surface area contributed by atoms with E-state index in [2.05, 4.69) is 5.32 Å². The van der Waals surface area contributed by atoms with Crippen LogP contribution in [0.3, 0.4) is 0 Å². The number of hydrogen-bond acceptors (Lipinski definition) is 4. The first-order valence-corrected chi connectivity index (χ1v) is 8.40. The Morgan fingerprint density at radius 2 is 2.52 bits per heavy atom. The number of carbonyl (C=O) groups is 1. The van der Waals surface area contributed by atoms with E-state index < -0.39 is 17.7 Å². The lowest BCUT2D eigenvalue weighted by Crippen LogP contribution is -2.49. The van der Waals surface area contributed by atoms with Crippen LogP contribution in [0.2, 0.25) is 0 Å². The number of aliphatic hydroxyl groups is 1. The number of carbonyl (C=O) groups excluding carboxylic acids is 1. The third kappa shape index (κ3) is 2.98. The van der Waals surface area contributed by atoms with E-state index in [1.54, 1.807) is 4.90 Å². The number of likely N-dealkylation sites (tertiary alicyclic amines) is 1. The summed E-state index contributed by atoms with van der Waals surface area (Å²) in [6.45, 7) is 1.27. The van der Waals surface area contributed by atoms with Crippen molar-refractivity contribution in [3.63, 3.8) is 0 Å². The van der Waals surface area contributed by atoms with Crippen LogP contribution in [0.5, 0.6) is 0 Å². The van der Waals surface area contributed by atoms with Crippen molar-refractivity contribution < 1.29 is 14.3 Å². The van der Waals surface area contributed by atoms with Crippen LogP contribution >= 0.6 is 11.3 Å². The Balaban J connectivity index is 1.66. The van der Waals surface area contributed by atoms with Crippen LogP contribution in [0.15, 0.2) is 17.5 Å². The normalized spacial score (nSPS) is 30.8. The molecule has 0 saturated carbocycles. The Morgan fingerprint density at radius 1 is 1.67 bits per heavy atom. The highest BCUT2D eigenvalue weighted by Gasteiger charge is 2.46. The molecule has 3 unspecified atom stereocenters. The molecule has 1 aromatic rings. The first kappa shape index (κ1) is 14.9. The summed E-state index contributed by atoms with van der Waals surface area (Å²) in [5.74, 6) is -0.395. The van der Waals surface area contributed by atoms with Gasteiger partial charge in [0.1, 0.15) is 0 Å². The van der Waals surface area contributed by atoms with Crippen LogP contribution in [0.4, 0.5) is 4.39 Å². The topological polar surface area (TPSA) is 52.6 Å². The van der Waals surface area contributed by atoms with Gasteiger partial charge in [0.25, 0.3) is 5.91 Å². The van der Waals surface area contributed by atoms with E-state index in [-0.39, 0.29) is 19.0 Å². The molecule has 3 rings (SSSR count). The number of nitrogens with zero attached hydrogens (tertiary/aromatic N) is 1. The monoisotopic (exact) mass is 312 g/mol. The maximum atomic E-state index is 14.6. The van der Waals surface area contributed by atoms with Crippen molar-refractivity contribution in [1.29, 1.82) is 0 Å². The third-order valence-electron chi connectivity index (χ3n) is 4.49. The van der Waals surface area contributed by atoms with Gasteiger partial charge < -0.3 is 15.3 Å². The summed E-state index contributed by atoms with van der Waals surface area (Å²) < 4.78 is 14.6. The van der Waals surface area contributed by atoms with Crippen LogP contribution in [0.25, 0.3) is 0 Å². The SMILES string of the molecule is O=C(N1CCCC1CC(O)c1cccs1)C1(F)CCNC1. The molecule has 6 heteroatoms. The Kier molecular flexibility index (Phi) is 4.28. The van der Waals surface area contributed by atoms with Gasteiger partial charge in [0.15, 0.2) is 0 Å². The second kappa shape index (κ2) is 6.02. The van der Waals surface area contributed by atoms with Crippen molar-refractivity contribution in [1.82, 2.24) is 10.2 Å². The molecule has 21 heavy (non-hydrogen) atoms. The summed E-state index contributed by atoms with van der Waals surface area (Å²) in [5, 5.41) is 15.1. The van der Waals surface area contributed by atoms with Gasteiger partial charge in [-0.3, -0.25) is 4.79 Å². The molecule has 4 nitrogen and oxygen atoms in total. The van der Waals surface area contributed by atoms with Crippen LogP contribution in [0.1, 0.15) is 36.7 Å². The van der Waals surface area contributed by atoms with Gasteiger partial charge in [-0.2, -0.15) is 0 Å². The molecule has 2 N–H and O–H groups in total. The summed E-state index contributed by atoms with van der Waals surface area (Å²) in [7, 11) is 0. The molecule has 2 fully saturated rings. The molecule has 1 amide bonds. The zero-order valence-electron chi connectivity index (χ0n) is 11.9. The van der Waals surface area contributed by atoms with E-state index in [9.17, 15) is 14.3 Å². The van der Waals surface area contributed by atoms with Gasteiger partial charge in [0, 0.05) is 30.4 Å². The zero-order chi connectivity index (χ0) is 14.9. The van der Waals surface area contributed by atoms with Crippen molar-refractivity contribution in [3.8, 4) is 0 Å². The fraction of sp³-hybridized carbons (Fsp3) is 0.667. The minimum absolute atomic E-state index is 0.0529. The van der Waals surface area contributed by atoms with Crippen LogP contribution < -0.4 is 5.32 Å². The second-order valence-corrected chi connectivity index (χ2v) is 6.93. The van der Waals surface area contributed by atoms with Crippen LogP contribution in [-0.4, -0.2) is 47.3 Å². The maximum absolute atomic E-state index is 14.6. The molecule has 2 aliphatic heterocycles. The van der Waals surface area contributed by atoms with E-state index >= 15 is 0 Å². The van der Waals surface area contributed by atoms with E-state index in [1.807, 2.05) is 17.5 Å². The molecule has 0 spiro atoms. The number of hydrogen-bond donors (Lipinski definition) is 2. The minimum atomic E-state index is -1.75. The largest absolute Gasteiger partial charge is 0.387 e. The predicted octanol–water partition coefficient (Wildman–Crippen LogP) is 1.86. The highest BCUT2D eigenvalue weighted by Crippen LogP contribution is 2.32. The van der Waals surface area contributed by atoms with E-state index in [0.29, 0.717) is 19.5 Å². The lowest BCUT2D eigenvalue weighted by Gasteiger charge is -2.31. The Bertz CT molecular complexity index is 488. The van der Waals surface area contributed by atoms with Crippen LogP contribution in [0, 0.1) is 0 Å². The Labute approximate surface area is 128 Å². The predicted molar refractivity (Wildman–Crippen MR) is 80.0 cm³/mol. The zero-order valence-corrected chi connectivity index (χ0v) is 12.7. The fourth-order valence-electron chi connectivity index (χ4n) is 3.30. The van der Waals surface area contributed by atoms with Crippen molar-refractivity contribution >= 4 is 17.2 Å². The van der Waals surface area contributed by atoms with Crippen molar-refractivity contribution in [3.05, 3.63) is 22.4 Å². The lowest BCUT2D eigenvalue weighted by atomic mass is 10.0. The molecule has 0 bridgehead atoms. The lowest BCUT2D eigenvalue weighted by molar-refractivity contribution is -0.144. The van der Waals surface area contributed by atoms with E-state index in [1.165, 1.54) is 11.3 Å². The van der Waals surface area contributed by atoms with Crippen LogP contribution in [-0.2, 0) is 4.79 Å². The summed E-state index contributed by atoms with van der Waals surface area (Å²) in [5.41, 5.74) is -1.75. The first-order chi connectivity index (χ1) is 10.1. The number of nitrogens with one attached hydrogen (secondary N) is 1. The average molecular weight is 312 g/mol. The molecule has 116 valence electrons. The molecular formula is C15H21FN2O2S. The van der Waals surface area contributed by atoms with Gasteiger partial charge >= 0.3 is 0 Å². The van der Waals surface area contributed by atoms with Gasteiger partial charge in [-0.15, -0.1) is 11.3 Å². The van der Waals surface area contributed by atoms with Crippen molar-refractivity contribution in [2.45, 2.75) is 43.5 Å². The van der Waals surface area contributed by atoms with Crippen molar-refractivity contribution in [2.24, 2.45) is 0 Å². The summed E-state index contributed by atoms with van der Waals surface area (Å²) in [6.07, 6.45) is 1.91. The minimum Gasteiger partial charge on any atom is -0.387 e. The summed E-state index contributed by atoms with van der Waals surface area (Å²) >= 11 is 1.51. The molecule has 0 radical (unpaired) electrons. The van der Waals surface area contributed by atoms with E-state index in [4.69, 9.17) is 0 Å². The number of aliphatic hydroxyl groups excluding tert-OH is 1. The molecule has 0 aliphatic carbocycles. The number of halogens is 1. The quantitative estimate of drug-likeness (QED) is 0.892. The van der Waals surface area contributed by atoms with E-state index in [0.717, 1.165) is 17.7 Å². The Hall–Kier alpha value is -0.980. The summed E-state index contributed by atoms with van der Waals surface area (Å²) in [6, 6.07) is 3.75. The van der Waals surface area contributed by atoms with Gasteiger partial charge in [0.2, 0.25) is 5.67 Å². The van der Waals surface area contributed by atoms with Crippen molar-refractivity contribution in [2.75, 3.05) is 19.6 Å². The van der Waals surface area contributed by atoms with Gasteiger partial charge in [-0.1, -0.05) is 6.07 Å². The molecule has 0 aromatic carbocycles. The molecule has 3 heterocycles. The van der Waals surface area contributed by atoms with Gasteiger partial charge in [-0.25, -0.2) is 4.39 Å². The van der Waals surface area contributed by atoms with Gasteiger partial charge in [-0.05, 0) is 37.3 Å². The molecule has 2 aliphatic rings. The number of amides is 1. The highest BCUT2D eigenvalue weighted by atomic mass is 32.1. The molecular weight excluding hydrogens is 291 g/mol. The smallest absolute Gasteiger partial charge is 0.261 e. The maximum Gasteiger partial charge on any atom is 0.261 e. The average Bonchev–Trinajstić information content (AvgIpc) is 3.19. The molecule has 3 atom stereocenters. The third-order valence-corrected chi connectivity index (χ3v) is 5.47. The molecule has 1 aromatic heterocycles. The number of thiophene rings is 1. The first-order valence-electron chi connectivity index (χ1n) is 7.52. The standard InChI is InChI=1S/C15H21FN2O2S/c16-15(5-6-17-10-15)14(20)18-7-1-3-11(18)9-12(19)13-4-2-8-21-13/h2,4,8,11-12,17,19H,1,3,5-7,9-10H2. The fourth-order valence-corrected chi connectivity index (χ4v) is 4.03. The summed E-state index contributed by atoms with van der Waals surface area (Å²) in [4.78, 5) is 15.0. The number of rotatable bonds is 4.